The summed E-state index contributed by atoms with van der Waals surface area (Å²) in [7, 11) is -2.53. The van der Waals surface area contributed by atoms with Crippen molar-refractivity contribution in [3.8, 4) is 5.75 Å². The van der Waals surface area contributed by atoms with Gasteiger partial charge in [-0.05, 0) is 98.2 Å². The van der Waals surface area contributed by atoms with Crippen LogP contribution in [0.1, 0.15) is 84.1 Å². The maximum Gasteiger partial charge on any atom is 0.265 e. The molecular formula is C45H50N4O5S. The molecule has 2 unspecified atom stereocenters. The Morgan fingerprint density at radius 2 is 1.51 bits per heavy atom. The van der Waals surface area contributed by atoms with Gasteiger partial charge < -0.3 is 18.8 Å². The second-order valence-electron chi connectivity index (χ2n) is 14.6. The molecule has 9 nitrogen and oxygen atoms in total. The molecule has 6 aromatic rings. The number of likely N-dealkylation sites (tertiary alicyclic amines) is 1. The molecule has 55 heavy (non-hydrogen) atoms. The van der Waals surface area contributed by atoms with Gasteiger partial charge in [-0.25, -0.2) is 13.1 Å². The summed E-state index contributed by atoms with van der Waals surface area (Å²) in [6.07, 6.45) is 7.96. The predicted octanol–water partition coefficient (Wildman–Crippen LogP) is 8.44. The average molecular weight is 759 g/mol. The molecular weight excluding hydrogens is 709 g/mol. The average Bonchev–Trinajstić information content (AvgIpc) is 3.85. The number of benzene rings is 4. The van der Waals surface area contributed by atoms with E-state index in [9.17, 15) is 18.0 Å². The molecule has 0 bridgehead atoms. The Labute approximate surface area is 324 Å². The third kappa shape index (κ3) is 7.27. The van der Waals surface area contributed by atoms with Crippen LogP contribution in [0.2, 0.25) is 0 Å². The van der Waals surface area contributed by atoms with Gasteiger partial charge >= 0.3 is 0 Å². The van der Waals surface area contributed by atoms with Gasteiger partial charge in [0.1, 0.15) is 5.75 Å². The predicted molar refractivity (Wildman–Crippen MR) is 218 cm³/mol. The van der Waals surface area contributed by atoms with Crippen LogP contribution in [0, 0.1) is 12.8 Å². The van der Waals surface area contributed by atoms with Crippen LogP contribution in [-0.4, -0.2) is 54.5 Å². The van der Waals surface area contributed by atoms with Crippen molar-refractivity contribution < 1.29 is 22.7 Å². The van der Waals surface area contributed by atoms with Crippen LogP contribution in [0.3, 0.4) is 0 Å². The minimum Gasteiger partial charge on any atom is -0.496 e. The molecule has 1 saturated heterocycles. The van der Waals surface area contributed by atoms with Gasteiger partial charge in [-0.3, -0.25) is 9.59 Å². The van der Waals surface area contributed by atoms with Gasteiger partial charge in [0.2, 0.25) is 5.91 Å². The molecule has 0 saturated carbocycles. The lowest BCUT2D eigenvalue weighted by molar-refractivity contribution is -0.130. The highest BCUT2D eigenvalue weighted by Gasteiger charge is 2.32. The molecule has 4 aromatic carbocycles. The highest BCUT2D eigenvalue weighted by atomic mass is 32.2. The smallest absolute Gasteiger partial charge is 0.265 e. The molecule has 7 rings (SSSR count). The number of nitrogens with one attached hydrogen (secondary N) is 1. The number of sulfonamides is 1. The summed E-state index contributed by atoms with van der Waals surface area (Å²) >= 11 is 0. The largest absolute Gasteiger partial charge is 0.496 e. The topological polar surface area (TPSA) is 103 Å². The number of carbonyl (C=O) groups is 2. The Balaban J connectivity index is 1.39. The molecule has 0 aliphatic carbocycles. The molecule has 3 heterocycles. The second kappa shape index (κ2) is 15.8. The van der Waals surface area contributed by atoms with E-state index in [1.165, 1.54) is 6.07 Å². The fourth-order valence-electron chi connectivity index (χ4n) is 8.36. The van der Waals surface area contributed by atoms with Crippen molar-refractivity contribution >= 4 is 43.6 Å². The normalized spacial score (nSPS) is 15.3. The number of methoxy groups -OCH3 is 1. The van der Waals surface area contributed by atoms with Gasteiger partial charge in [-0.2, -0.15) is 0 Å². The minimum atomic E-state index is -4.12. The molecule has 2 amide bonds. The summed E-state index contributed by atoms with van der Waals surface area (Å²) in [6.45, 7) is 11.3. The monoisotopic (exact) mass is 758 g/mol. The van der Waals surface area contributed by atoms with Crippen molar-refractivity contribution in [3.63, 3.8) is 0 Å². The van der Waals surface area contributed by atoms with E-state index in [1.807, 2.05) is 17.9 Å². The van der Waals surface area contributed by atoms with Crippen molar-refractivity contribution in [2.45, 2.75) is 77.3 Å². The third-order valence-electron chi connectivity index (χ3n) is 11.0. The summed E-state index contributed by atoms with van der Waals surface area (Å²) in [5, 5.41) is 2.23. The Morgan fingerprint density at radius 3 is 2.18 bits per heavy atom. The Kier molecular flexibility index (Phi) is 10.9. The van der Waals surface area contributed by atoms with Crippen molar-refractivity contribution in [1.82, 2.24) is 18.8 Å². The van der Waals surface area contributed by atoms with Crippen LogP contribution in [0.15, 0.2) is 102 Å². The summed E-state index contributed by atoms with van der Waals surface area (Å²) in [5.41, 5.74) is 7.14. The molecule has 2 atom stereocenters. The molecule has 1 N–H and O–H groups in total. The quantitative estimate of drug-likeness (QED) is 0.120. The molecule has 1 fully saturated rings. The SMILES string of the molecule is CCCn1cc(C(c2ccc(C(=O)NS(=O)(=O)c3ccccc3C)cc2OC)c2cn(CCC)c3ccc(CC4CCN(CC)C4=O)cc23)c2ccccc21. The number of aryl methyl sites for hydroxylation is 3. The molecule has 10 heteroatoms. The second-order valence-corrected chi connectivity index (χ2v) is 16.3. The van der Waals surface area contributed by atoms with Crippen molar-refractivity contribution in [3.05, 3.63) is 131 Å². The lowest BCUT2D eigenvalue weighted by Crippen LogP contribution is -2.31. The minimum absolute atomic E-state index is 0.0326. The molecule has 2 aromatic heterocycles. The first-order valence-corrected chi connectivity index (χ1v) is 20.9. The van der Waals surface area contributed by atoms with E-state index in [-0.39, 0.29) is 28.2 Å². The number of hydrogen-bond donors (Lipinski definition) is 1. The van der Waals surface area contributed by atoms with Gasteiger partial charge in [0.05, 0.1) is 12.0 Å². The zero-order valence-electron chi connectivity index (χ0n) is 32.3. The number of aromatic nitrogens is 2. The fourth-order valence-corrected chi connectivity index (χ4v) is 9.59. The van der Waals surface area contributed by atoms with Crippen LogP contribution in [0.5, 0.6) is 5.75 Å². The zero-order chi connectivity index (χ0) is 38.9. The molecule has 0 radical (unpaired) electrons. The van der Waals surface area contributed by atoms with Gasteiger partial charge in [-0.1, -0.05) is 62.4 Å². The highest BCUT2D eigenvalue weighted by molar-refractivity contribution is 7.90. The van der Waals surface area contributed by atoms with Crippen LogP contribution in [-0.2, 0) is 34.3 Å². The van der Waals surface area contributed by atoms with Crippen LogP contribution in [0.4, 0.5) is 0 Å². The van der Waals surface area contributed by atoms with Gasteiger partial charge in [0, 0.05) is 83.3 Å². The first-order chi connectivity index (χ1) is 26.6. The van der Waals surface area contributed by atoms with E-state index in [0.717, 1.165) is 89.5 Å². The molecule has 0 spiro atoms. The Hall–Kier alpha value is -5.35. The van der Waals surface area contributed by atoms with Crippen LogP contribution >= 0.6 is 0 Å². The third-order valence-corrected chi connectivity index (χ3v) is 12.5. The van der Waals surface area contributed by atoms with Crippen LogP contribution in [0.25, 0.3) is 21.8 Å². The van der Waals surface area contributed by atoms with Crippen molar-refractivity contribution in [2.75, 3.05) is 20.2 Å². The maximum absolute atomic E-state index is 13.6. The number of ether oxygens (including phenoxy) is 1. The fraction of sp³-hybridized carbons (Fsp3) is 0.333. The number of para-hydroxylation sites is 1. The first-order valence-electron chi connectivity index (χ1n) is 19.4. The summed E-state index contributed by atoms with van der Waals surface area (Å²) < 4.78 is 39.6. The van der Waals surface area contributed by atoms with E-state index >= 15 is 0 Å². The lowest BCUT2D eigenvalue weighted by Gasteiger charge is -2.21. The van der Waals surface area contributed by atoms with Crippen molar-refractivity contribution in [2.24, 2.45) is 5.92 Å². The van der Waals surface area contributed by atoms with E-state index in [1.54, 1.807) is 44.4 Å². The summed E-state index contributed by atoms with van der Waals surface area (Å²) in [6, 6.07) is 26.9. The number of nitrogens with zero attached hydrogens (tertiary/aromatic N) is 3. The highest BCUT2D eigenvalue weighted by Crippen LogP contribution is 2.44. The van der Waals surface area contributed by atoms with Gasteiger partial charge in [-0.15, -0.1) is 0 Å². The van der Waals surface area contributed by atoms with E-state index < -0.39 is 15.9 Å². The Morgan fingerprint density at radius 1 is 0.836 bits per heavy atom. The van der Waals surface area contributed by atoms with Gasteiger partial charge in [0.25, 0.3) is 15.9 Å². The standard InChI is InChI=1S/C45H50N4O5S/c1-6-22-48-28-37(34-14-10-11-15-39(34)48)43(35-19-18-32(27-41(35)54-5)44(50)46-55(52,53)42-16-12-9-13-30(42)4)38-29-49(23-7-2)40-20-17-31(26-36(38)40)25-33-21-24-47(8-3)45(33)51/h9-20,26-29,33,43H,6-8,21-25H2,1-5H3,(H,46,50). The first kappa shape index (κ1) is 37.9. The Bertz CT molecular complexity index is 2500. The molecule has 1 aliphatic rings. The number of rotatable bonds is 14. The number of fused-ring (bicyclic) bond motifs is 2. The summed E-state index contributed by atoms with van der Waals surface area (Å²) in [4.78, 5) is 28.8. The number of hydrogen-bond acceptors (Lipinski definition) is 5. The lowest BCUT2D eigenvalue weighted by atomic mass is 9.83. The molecule has 286 valence electrons. The number of carbonyl (C=O) groups excluding carboxylic acids is 2. The van der Waals surface area contributed by atoms with E-state index in [4.69, 9.17) is 4.74 Å². The number of amides is 2. The van der Waals surface area contributed by atoms with Crippen molar-refractivity contribution in [1.29, 1.82) is 0 Å². The van der Waals surface area contributed by atoms with E-state index in [0.29, 0.717) is 17.7 Å². The zero-order valence-corrected chi connectivity index (χ0v) is 33.2. The molecule has 1 aliphatic heterocycles. The van der Waals surface area contributed by atoms with Gasteiger partial charge in [0.15, 0.2) is 0 Å². The van der Waals surface area contributed by atoms with Crippen LogP contribution < -0.4 is 9.46 Å². The summed E-state index contributed by atoms with van der Waals surface area (Å²) in [5.74, 6) is -0.382. The van der Waals surface area contributed by atoms with E-state index in [2.05, 4.69) is 82.6 Å². The maximum atomic E-state index is 13.6.